The predicted octanol–water partition coefficient (Wildman–Crippen LogP) is 3.08. The lowest BCUT2D eigenvalue weighted by Crippen LogP contribution is -2.03. The Morgan fingerprint density at radius 2 is 2.42 bits per heavy atom. The molecule has 1 aliphatic rings. The van der Waals surface area contributed by atoms with Gasteiger partial charge in [0.25, 0.3) is 0 Å². The zero-order valence-corrected chi connectivity index (χ0v) is 8.76. The van der Waals surface area contributed by atoms with Crippen LogP contribution in [0.5, 0.6) is 0 Å². The Morgan fingerprint density at radius 3 is 2.92 bits per heavy atom. The van der Waals surface area contributed by atoms with Crippen LogP contribution in [0.3, 0.4) is 0 Å². The summed E-state index contributed by atoms with van der Waals surface area (Å²) in [5.74, 6) is 2.62. The average molecular weight is 229 g/mol. The zero-order chi connectivity index (χ0) is 8.55. The van der Waals surface area contributed by atoms with E-state index in [1.54, 1.807) is 0 Å². The monoisotopic (exact) mass is 228 g/mol. The number of nitrogens with one attached hydrogen (secondary N) is 1. The molecule has 0 aliphatic heterocycles. The maximum absolute atomic E-state index is 4.35. The smallest absolute Gasteiger partial charge is 0.110 e. The van der Waals surface area contributed by atoms with E-state index >= 15 is 0 Å². The fourth-order valence-corrected chi connectivity index (χ4v) is 2.36. The highest BCUT2D eigenvalue weighted by molar-refractivity contribution is 9.10. The van der Waals surface area contributed by atoms with E-state index in [0.29, 0.717) is 5.92 Å². The first kappa shape index (κ1) is 8.30. The number of hydrogen-bond acceptors (Lipinski definition) is 1. The zero-order valence-electron chi connectivity index (χ0n) is 7.18. The van der Waals surface area contributed by atoms with Crippen molar-refractivity contribution in [3.8, 4) is 0 Å². The van der Waals surface area contributed by atoms with Gasteiger partial charge in [-0.05, 0) is 34.7 Å². The second-order valence-electron chi connectivity index (χ2n) is 3.63. The molecule has 0 bridgehead atoms. The second kappa shape index (κ2) is 3.21. The number of hydrogen-bond donors (Lipinski definition) is 1. The lowest BCUT2D eigenvalue weighted by atomic mass is 9.98. The van der Waals surface area contributed by atoms with Crippen LogP contribution in [0.4, 0.5) is 0 Å². The van der Waals surface area contributed by atoms with Gasteiger partial charge in [-0.15, -0.1) is 0 Å². The van der Waals surface area contributed by atoms with Gasteiger partial charge in [-0.25, -0.2) is 4.98 Å². The molecule has 12 heavy (non-hydrogen) atoms. The molecule has 2 rings (SSSR count). The maximum Gasteiger partial charge on any atom is 0.110 e. The fraction of sp³-hybridized carbons (Fsp3) is 0.667. The number of aromatic nitrogens is 2. The van der Waals surface area contributed by atoms with Gasteiger partial charge < -0.3 is 4.98 Å². The summed E-state index contributed by atoms with van der Waals surface area (Å²) in [6.45, 7) is 2.31. The van der Waals surface area contributed by atoms with Crippen LogP contribution in [-0.4, -0.2) is 9.97 Å². The second-order valence-corrected chi connectivity index (χ2v) is 4.49. The van der Waals surface area contributed by atoms with E-state index in [9.17, 15) is 0 Å². The van der Waals surface area contributed by atoms with Gasteiger partial charge in [0.15, 0.2) is 0 Å². The minimum absolute atomic E-state index is 0.663. The Hall–Kier alpha value is -0.310. The van der Waals surface area contributed by atoms with Gasteiger partial charge in [-0.2, -0.15) is 0 Å². The summed E-state index contributed by atoms with van der Waals surface area (Å²) in [5, 5.41) is 0. The van der Waals surface area contributed by atoms with Crippen molar-refractivity contribution in [3.05, 3.63) is 16.6 Å². The van der Waals surface area contributed by atoms with Crippen LogP contribution in [0.2, 0.25) is 0 Å². The summed E-state index contributed by atoms with van der Waals surface area (Å²) in [5.41, 5.74) is 0. The first-order chi connectivity index (χ1) is 5.77. The quantitative estimate of drug-likeness (QED) is 0.787. The van der Waals surface area contributed by atoms with Crippen molar-refractivity contribution in [3.63, 3.8) is 0 Å². The first-order valence-corrected chi connectivity index (χ1v) is 5.27. The summed E-state index contributed by atoms with van der Waals surface area (Å²) in [4.78, 5) is 7.60. The largest absolute Gasteiger partial charge is 0.337 e. The summed E-state index contributed by atoms with van der Waals surface area (Å²) in [6.07, 6.45) is 5.84. The minimum atomic E-state index is 0.663. The topological polar surface area (TPSA) is 28.7 Å². The maximum atomic E-state index is 4.35. The van der Waals surface area contributed by atoms with E-state index in [0.717, 1.165) is 16.3 Å². The molecule has 1 fully saturated rings. The molecule has 1 N–H and O–H groups in total. The van der Waals surface area contributed by atoms with Gasteiger partial charge in [0.05, 0.1) is 6.20 Å². The number of rotatable bonds is 1. The number of nitrogens with zero attached hydrogens (tertiary/aromatic N) is 1. The normalized spacial score (nSPS) is 29.5. The molecular formula is C9H13BrN2. The van der Waals surface area contributed by atoms with Gasteiger partial charge in [0, 0.05) is 5.92 Å². The van der Waals surface area contributed by atoms with E-state index in [1.807, 2.05) is 6.20 Å². The molecule has 1 aromatic rings. The summed E-state index contributed by atoms with van der Waals surface area (Å²) in [6, 6.07) is 0. The van der Waals surface area contributed by atoms with Crippen molar-refractivity contribution in [2.75, 3.05) is 0 Å². The van der Waals surface area contributed by atoms with E-state index in [-0.39, 0.29) is 0 Å². The third-order valence-corrected chi connectivity index (χ3v) is 3.18. The van der Waals surface area contributed by atoms with Crippen LogP contribution in [0.1, 0.15) is 37.9 Å². The highest BCUT2D eigenvalue weighted by Crippen LogP contribution is 2.37. The molecule has 1 aromatic heterocycles. The van der Waals surface area contributed by atoms with Gasteiger partial charge in [0.1, 0.15) is 10.4 Å². The SMILES string of the molecule is C[C@H]1CCC[C@@H]1c1ncc(Br)[nH]1. The molecule has 0 amide bonds. The Kier molecular flexibility index (Phi) is 2.22. The molecule has 1 saturated carbocycles. The van der Waals surface area contributed by atoms with Crippen molar-refractivity contribution in [1.82, 2.24) is 9.97 Å². The number of halogens is 1. The van der Waals surface area contributed by atoms with Crippen LogP contribution in [0.15, 0.2) is 10.8 Å². The Morgan fingerprint density at radius 1 is 1.58 bits per heavy atom. The van der Waals surface area contributed by atoms with E-state index in [1.165, 1.54) is 19.3 Å². The van der Waals surface area contributed by atoms with Crippen LogP contribution in [0.25, 0.3) is 0 Å². The van der Waals surface area contributed by atoms with Gasteiger partial charge in [-0.1, -0.05) is 13.3 Å². The lowest BCUT2D eigenvalue weighted by Gasteiger charge is -2.11. The van der Waals surface area contributed by atoms with Gasteiger partial charge in [0.2, 0.25) is 0 Å². The number of imidazole rings is 1. The summed E-state index contributed by atoms with van der Waals surface area (Å²) >= 11 is 3.38. The van der Waals surface area contributed by atoms with Crippen molar-refractivity contribution in [2.24, 2.45) is 5.92 Å². The molecular weight excluding hydrogens is 216 g/mol. The Labute approximate surface area is 80.9 Å². The molecule has 3 heteroatoms. The molecule has 2 atom stereocenters. The molecule has 1 aliphatic carbocycles. The molecule has 66 valence electrons. The Balaban J connectivity index is 2.19. The van der Waals surface area contributed by atoms with Crippen LogP contribution < -0.4 is 0 Å². The van der Waals surface area contributed by atoms with Crippen LogP contribution >= 0.6 is 15.9 Å². The summed E-state index contributed by atoms with van der Waals surface area (Å²) in [7, 11) is 0. The standard InChI is InChI=1S/C9H13BrN2/c1-6-3-2-4-7(6)9-11-5-8(10)12-9/h5-7H,2-4H2,1H3,(H,11,12)/t6-,7-/m0/s1. The van der Waals surface area contributed by atoms with Gasteiger partial charge >= 0.3 is 0 Å². The third-order valence-electron chi connectivity index (χ3n) is 2.78. The van der Waals surface area contributed by atoms with Crippen molar-refractivity contribution < 1.29 is 0 Å². The van der Waals surface area contributed by atoms with Crippen molar-refractivity contribution in [2.45, 2.75) is 32.1 Å². The number of H-pyrrole nitrogens is 1. The van der Waals surface area contributed by atoms with E-state index in [4.69, 9.17) is 0 Å². The average Bonchev–Trinajstić information content (AvgIpc) is 2.58. The van der Waals surface area contributed by atoms with Gasteiger partial charge in [-0.3, -0.25) is 0 Å². The molecule has 0 radical (unpaired) electrons. The first-order valence-electron chi connectivity index (χ1n) is 4.48. The van der Waals surface area contributed by atoms with E-state index in [2.05, 4.69) is 32.8 Å². The molecule has 1 heterocycles. The lowest BCUT2D eigenvalue weighted by molar-refractivity contribution is 0.513. The molecule has 2 nitrogen and oxygen atoms in total. The third kappa shape index (κ3) is 1.42. The molecule has 0 saturated heterocycles. The van der Waals surface area contributed by atoms with E-state index < -0.39 is 0 Å². The highest BCUT2D eigenvalue weighted by Gasteiger charge is 2.26. The van der Waals surface area contributed by atoms with Crippen LogP contribution in [-0.2, 0) is 0 Å². The Bertz CT molecular complexity index is 269. The van der Waals surface area contributed by atoms with Crippen molar-refractivity contribution >= 4 is 15.9 Å². The summed E-state index contributed by atoms with van der Waals surface area (Å²) < 4.78 is 0.997. The molecule has 0 unspecified atom stereocenters. The highest BCUT2D eigenvalue weighted by atomic mass is 79.9. The molecule has 0 aromatic carbocycles. The molecule has 0 spiro atoms. The fourth-order valence-electron chi connectivity index (χ4n) is 2.05. The minimum Gasteiger partial charge on any atom is -0.337 e. The number of aromatic amines is 1. The predicted molar refractivity (Wildman–Crippen MR) is 52.0 cm³/mol. The van der Waals surface area contributed by atoms with Crippen LogP contribution in [0, 0.1) is 5.92 Å². The van der Waals surface area contributed by atoms with Crippen molar-refractivity contribution in [1.29, 1.82) is 0 Å².